The minimum atomic E-state index is -1.65. The van der Waals surface area contributed by atoms with Crippen LogP contribution >= 0.6 is 0 Å². The molecule has 0 saturated carbocycles. The van der Waals surface area contributed by atoms with Gasteiger partial charge >= 0.3 is 0 Å². The summed E-state index contributed by atoms with van der Waals surface area (Å²) in [6.07, 6.45) is -0.455. The molecule has 1 N–H and O–H groups in total. The molecule has 0 spiro atoms. The minimum absolute atomic E-state index is 0.537. The van der Waals surface area contributed by atoms with Crippen molar-refractivity contribution in [2.45, 2.75) is 6.08 Å². The summed E-state index contributed by atoms with van der Waals surface area (Å²) in [5.74, 6) is 0. The molecule has 1 aromatic carbocycles. The summed E-state index contributed by atoms with van der Waals surface area (Å²) in [7, 11) is 0. The Hall–Kier alpha value is -1.08. The molecule has 10 heavy (non-hydrogen) atoms. The lowest BCUT2D eigenvalue weighted by Gasteiger charge is -2.02. The Balaban J connectivity index is 3.02. The molecule has 1 heteroatoms. The second-order valence-corrected chi connectivity index (χ2v) is 1.96. The zero-order chi connectivity index (χ0) is 8.32. The Morgan fingerprint density at radius 1 is 1.50 bits per heavy atom. The van der Waals surface area contributed by atoms with E-state index in [1.807, 2.05) is 6.07 Å². The van der Waals surface area contributed by atoms with Gasteiger partial charge < -0.3 is 5.11 Å². The third-order valence-electron chi connectivity index (χ3n) is 1.26. The summed E-state index contributed by atoms with van der Waals surface area (Å²) in [6.45, 7) is 3.37. The van der Waals surface area contributed by atoms with E-state index in [1.165, 1.54) is 6.08 Å². The zero-order valence-corrected chi connectivity index (χ0v) is 5.62. The van der Waals surface area contributed by atoms with Gasteiger partial charge in [0.1, 0.15) is 0 Å². The van der Waals surface area contributed by atoms with Crippen LogP contribution in [0.4, 0.5) is 0 Å². The Bertz CT molecular complexity index is 241. The van der Waals surface area contributed by atoms with Crippen molar-refractivity contribution < 1.29 is 6.48 Å². The highest BCUT2D eigenvalue weighted by atomic mass is 16.3. The van der Waals surface area contributed by atoms with Crippen LogP contribution in [0.15, 0.2) is 43.0 Å². The summed E-state index contributed by atoms with van der Waals surface area (Å²) in [5, 5.41) is 9.34. The van der Waals surface area contributed by atoms with E-state index < -0.39 is 6.08 Å². The average molecular weight is 135 g/mol. The molecule has 1 atom stereocenters. The van der Waals surface area contributed by atoms with Gasteiger partial charge in [-0.1, -0.05) is 36.4 Å². The smallest absolute Gasteiger partial charge is 0.0969 e. The van der Waals surface area contributed by atoms with Gasteiger partial charge in [-0.3, -0.25) is 0 Å². The second-order valence-electron chi connectivity index (χ2n) is 1.96. The number of rotatable bonds is 2. The van der Waals surface area contributed by atoms with Crippen molar-refractivity contribution in [3.05, 3.63) is 48.6 Å². The van der Waals surface area contributed by atoms with Crippen LogP contribution in [0, 0.1) is 0 Å². The first-order chi connectivity index (χ1) is 5.17. The summed E-state index contributed by atoms with van der Waals surface area (Å²) in [6, 6.07) is 8.77. The second kappa shape index (κ2) is 3.18. The number of aliphatic hydroxyl groups is 1. The molecule has 0 aliphatic carbocycles. The predicted octanol–water partition coefficient (Wildman–Crippen LogP) is 1.91. The van der Waals surface area contributed by atoms with Crippen LogP contribution in [-0.2, 0) is 0 Å². The number of hydrogen-bond acceptors (Lipinski definition) is 1. The lowest BCUT2D eigenvalue weighted by molar-refractivity contribution is 0.229. The molecule has 0 amide bonds. The molecule has 1 unspecified atom stereocenters. The molecule has 1 aromatic rings. The van der Waals surface area contributed by atoms with Crippen molar-refractivity contribution in [2.24, 2.45) is 0 Å². The highest BCUT2D eigenvalue weighted by Gasteiger charge is 1.98. The normalized spacial score (nSPS) is 17.1. The van der Waals surface area contributed by atoms with Crippen LogP contribution in [0.5, 0.6) is 0 Å². The molecule has 0 bridgehead atoms. The Morgan fingerprint density at radius 2 is 2.10 bits per heavy atom. The molecule has 52 valence electrons. The van der Waals surface area contributed by atoms with Gasteiger partial charge in [-0.15, -0.1) is 6.58 Å². The molecule has 0 saturated heterocycles. The molecule has 0 heterocycles. The van der Waals surface area contributed by atoms with Crippen molar-refractivity contribution in [3.8, 4) is 0 Å². The first-order valence-electron chi connectivity index (χ1n) is 3.58. The highest BCUT2D eigenvalue weighted by molar-refractivity contribution is 5.19. The SMILES string of the molecule is [2H]C(O)(C=C)c1ccccc1. The molecule has 1 rings (SSSR count). The Morgan fingerprint density at radius 3 is 2.60 bits per heavy atom. The molecule has 0 fully saturated rings. The lowest BCUT2D eigenvalue weighted by Crippen LogP contribution is -1.90. The molecule has 0 aromatic heterocycles. The van der Waals surface area contributed by atoms with Gasteiger partial charge in [0.25, 0.3) is 0 Å². The lowest BCUT2D eigenvalue weighted by atomic mass is 10.1. The summed E-state index contributed by atoms with van der Waals surface area (Å²) < 4.78 is 7.35. The van der Waals surface area contributed by atoms with Crippen molar-refractivity contribution >= 4 is 0 Å². The van der Waals surface area contributed by atoms with E-state index in [0.717, 1.165) is 0 Å². The first-order valence-corrected chi connectivity index (χ1v) is 3.08. The zero-order valence-electron chi connectivity index (χ0n) is 6.62. The fourth-order valence-electron chi connectivity index (χ4n) is 0.727. The summed E-state index contributed by atoms with van der Waals surface area (Å²) in [4.78, 5) is 0. The van der Waals surface area contributed by atoms with E-state index in [1.54, 1.807) is 24.3 Å². The van der Waals surface area contributed by atoms with Crippen molar-refractivity contribution in [1.82, 2.24) is 0 Å². The largest absolute Gasteiger partial charge is 0.384 e. The third kappa shape index (κ3) is 1.45. The average Bonchev–Trinajstić information content (AvgIpc) is 2.06. The van der Waals surface area contributed by atoms with Gasteiger partial charge in [0.15, 0.2) is 0 Å². The highest BCUT2D eigenvalue weighted by Crippen LogP contribution is 2.11. The number of benzene rings is 1. The van der Waals surface area contributed by atoms with Crippen molar-refractivity contribution in [1.29, 1.82) is 0 Å². The van der Waals surface area contributed by atoms with Gasteiger partial charge in [-0.05, 0) is 5.56 Å². The van der Waals surface area contributed by atoms with Gasteiger partial charge in [0, 0.05) is 0 Å². The molecular weight excluding hydrogens is 124 g/mol. The van der Waals surface area contributed by atoms with Crippen molar-refractivity contribution in [2.75, 3.05) is 0 Å². The fourth-order valence-corrected chi connectivity index (χ4v) is 0.727. The molecule has 0 aliphatic heterocycles. The molecule has 0 radical (unpaired) electrons. The van der Waals surface area contributed by atoms with Crippen LogP contribution < -0.4 is 0 Å². The topological polar surface area (TPSA) is 20.2 Å². The number of hydrogen-bond donors (Lipinski definition) is 1. The van der Waals surface area contributed by atoms with Crippen LogP contribution in [0.3, 0.4) is 0 Å². The van der Waals surface area contributed by atoms with Crippen LogP contribution in [0.1, 0.15) is 13.0 Å². The summed E-state index contributed by atoms with van der Waals surface area (Å²) in [5.41, 5.74) is 0.537. The van der Waals surface area contributed by atoms with Crippen molar-refractivity contribution in [3.63, 3.8) is 0 Å². The maximum atomic E-state index is 9.34. The maximum Gasteiger partial charge on any atom is 0.0969 e. The summed E-state index contributed by atoms with van der Waals surface area (Å²) >= 11 is 0. The Kier molecular flexibility index (Phi) is 1.81. The van der Waals surface area contributed by atoms with E-state index in [4.69, 9.17) is 1.37 Å². The monoisotopic (exact) mass is 135 g/mol. The first kappa shape index (κ1) is 5.69. The van der Waals surface area contributed by atoms with Crippen LogP contribution in [0.2, 0.25) is 0 Å². The van der Waals surface area contributed by atoms with E-state index in [-0.39, 0.29) is 0 Å². The van der Waals surface area contributed by atoms with Crippen LogP contribution in [-0.4, -0.2) is 5.11 Å². The van der Waals surface area contributed by atoms with E-state index in [2.05, 4.69) is 6.58 Å². The van der Waals surface area contributed by atoms with Gasteiger partial charge in [0.2, 0.25) is 0 Å². The van der Waals surface area contributed by atoms with Gasteiger partial charge in [0.05, 0.1) is 7.45 Å². The third-order valence-corrected chi connectivity index (χ3v) is 1.26. The quantitative estimate of drug-likeness (QED) is 0.614. The molecule has 1 nitrogen and oxygen atoms in total. The molecule has 0 aliphatic rings. The molecular formula is C9H10O. The van der Waals surface area contributed by atoms with E-state index >= 15 is 0 Å². The minimum Gasteiger partial charge on any atom is -0.384 e. The van der Waals surface area contributed by atoms with Gasteiger partial charge in [-0.25, -0.2) is 0 Å². The van der Waals surface area contributed by atoms with E-state index in [0.29, 0.717) is 5.56 Å². The van der Waals surface area contributed by atoms with Gasteiger partial charge in [-0.2, -0.15) is 0 Å². The Labute approximate surface area is 62.0 Å². The maximum absolute atomic E-state index is 9.34. The standard InChI is InChI=1S/C9H10O/c1-2-9(10)8-6-4-3-5-7-8/h2-7,9-10H,1H2/i9D. The van der Waals surface area contributed by atoms with Crippen LogP contribution in [0.25, 0.3) is 0 Å². The predicted molar refractivity (Wildman–Crippen MR) is 41.6 cm³/mol. The van der Waals surface area contributed by atoms with E-state index in [9.17, 15) is 5.11 Å². The fraction of sp³-hybridized carbons (Fsp3) is 0.111.